The van der Waals surface area contributed by atoms with Crippen LogP contribution in [0.25, 0.3) is 0 Å². The van der Waals surface area contributed by atoms with E-state index in [0.717, 1.165) is 5.56 Å². The van der Waals surface area contributed by atoms with Crippen LogP contribution in [0.1, 0.15) is 12.5 Å². The Bertz CT molecular complexity index is 405. The van der Waals surface area contributed by atoms with E-state index in [1.54, 1.807) is 13.0 Å². The van der Waals surface area contributed by atoms with Crippen LogP contribution >= 0.6 is 0 Å². The number of aliphatic hydroxyl groups excluding tert-OH is 1. The molecule has 5 nitrogen and oxygen atoms in total. The molecule has 1 heterocycles. The molecule has 0 spiro atoms. The first-order chi connectivity index (χ1) is 7.17. The first-order valence-electron chi connectivity index (χ1n) is 4.41. The number of hydrogen-bond acceptors (Lipinski definition) is 4. The molecule has 1 aromatic heterocycles. The number of hydrogen-bond donors (Lipinski definition) is 2. The minimum absolute atomic E-state index is 0.0543. The molecule has 0 bridgehead atoms. The number of nitrogens with zero attached hydrogens (tertiary/aromatic N) is 2. The molecule has 0 saturated heterocycles. The van der Waals surface area contributed by atoms with Gasteiger partial charge in [-0.3, -0.25) is 4.79 Å². The van der Waals surface area contributed by atoms with Crippen LogP contribution in [0.2, 0.25) is 0 Å². The van der Waals surface area contributed by atoms with Crippen molar-refractivity contribution in [3.8, 4) is 0 Å². The number of allylic oxidation sites excluding steroid dienone is 3. The molecule has 0 aliphatic heterocycles. The molecular formula is C10H12N2O3. The van der Waals surface area contributed by atoms with Crippen molar-refractivity contribution >= 4 is 6.29 Å². The number of aliphatic hydroxyl groups is 1. The molecule has 0 saturated carbocycles. The molecule has 2 N–H and O–H groups in total. The van der Waals surface area contributed by atoms with E-state index in [1.165, 1.54) is 18.5 Å². The monoisotopic (exact) mass is 208 g/mol. The second-order valence-electron chi connectivity index (χ2n) is 2.92. The fraction of sp³-hybridized carbons (Fsp3) is 0.200. The van der Waals surface area contributed by atoms with Gasteiger partial charge in [-0.2, -0.15) is 0 Å². The summed E-state index contributed by atoms with van der Waals surface area (Å²) in [7, 11) is 0. The van der Waals surface area contributed by atoms with Gasteiger partial charge in [0.1, 0.15) is 5.76 Å². The molecule has 0 amide bonds. The van der Waals surface area contributed by atoms with Crippen LogP contribution in [0.15, 0.2) is 35.9 Å². The summed E-state index contributed by atoms with van der Waals surface area (Å²) in [6.07, 6.45) is 6.91. The summed E-state index contributed by atoms with van der Waals surface area (Å²) in [4.78, 5) is 11.3. The maximum atomic E-state index is 10.6. The van der Waals surface area contributed by atoms with Gasteiger partial charge in [0.15, 0.2) is 6.29 Å². The van der Waals surface area contributed by atoms with Crippen molar-refractivity contribution in [3.05, 3.63) is 41.4 Å². The molecule has 80 valence electrons. The fourth-order valence-corrected chi connectivity index (χ4v) is 1.06. The van der Waals surface area contributed by atoms with E-state index in [0.29, 0.717) is 17.6 Å². The molecule has 0 radical (unpaired) electrons. The molecule has 1 aromatic rings. The fourth-order valence-electron chi connectivity index (χ4n) is 1.06. The van der Waals surface area contributed by atoms with Gasteiger partial charge in [-0.1, -0.05) is 6.08 Å². The molecule has 0 aromatic carbocycles. The lowest BCUT2D eigenvalue weighted by atomic mass is 10.1. The minimum atomic E-state index is -0.0543. The highest BCUT2D eigenvalue weighted by molar-refractivity contribution is 5.78. The average Bonchev–Trinajstić information content (AvgIpc) is 2.64. The standard InChI is InChI=1S/C10H12N2O3/c1-2-10(14)9(7-13)4-3-8-5-11-12(15)6-8/h2,4-7,14-15H,3H2,1H3/b9-4-,10-2+. The number of carbonyl (C=O) groups excluding carboxylic acids is 1. The highest BCUT2D eigenvalue weighted by atomic mass is 16.5. The number of aromatic nitrogens is 2. The zero-order valence-corrected chi connectivity index (χ0v) is 8.29. The Morgan fingerprint density at radius 2 is 2.40 bits per heavy atom. The first kappa shape index (κ1) is 11.0. The van der Waals surface area contributed by atoms with Crippen molar-refractivity contribution in [2.75, 3.05) is 0 Å². The van der Waals surface area contributed by atoms with Crippen molar-refractivity contribution in [2.24, 2.45) is 0 Å². The van der Waals surface area contributed by atoms with Gasteiger partial charge < -0.3 is 10.3 Å². The highest BCUT2D eigenvalue weighted by Gasteiger charge is 2.01. The van der Waals surface area contributed by atoms with Crippen molar-refractivity contribution in [3.63, 3.8) is 0 Å². The largest absolute Gasteiger partial charge is 0.508 e. The lowest BCUT2D eigenvalue weighted by Gasteiger charge is -1.96. The smallest absolute Gasteiger partial charge is 0.153 e. The van der Waals surface area contributed by atoms with Gasteiger partial charge in [-0.25, -0.2) is 0 Å². The minimum Gasteiger partial charge on any atom is -0.508 e. The van der Waals surface area contributed by atoms with Crippen molar-refractivity contribution in [2.45, 2.75) is 13.3 Å². The predicted molar refractivity (Wildman–Crippen MR) is 53.6 cm³/mol. The van der Waals surface area contributed by atoms with Crippen LogP contribution in [-0.2, 0) is 11.2 Å². The Morgan fingerprint density at radius 3 is 2.87 bits per heavy atom. The molecule has 5 heteroatoms. The van der Waals surface area contributed by atoms with E-state index in [-0.39, 0.29) is 11.3 Å². The van der Waals surface area contributed by atoms with E-state index in [2.05, 4.69) is 5.10 Å². The first-order valence-corrected chi connectivity index (χ1v) is 4.41. The summed E-state index contributed by atoms with van der Waals surface area (Å²) >= 11 is 0. The van der Waals surface area contributed by atoms with Gasteiger partial charge in [0.05, 0.1) is 18.0 Å². The van der Waals surface area contributed by atoms with Crippen LogP contribution in [0.4, 0.5) is 0 Å². The molecule has 0 aliphatic rings. The SMILES string of the molecule is C/C=C(O)\C(C=O)=C/Cc1cnn(O)c1. The van der Waals surface area contributed by atoms with E-state index < -0.39 is 0 Å². The summed E-state index contributed by atoms with van der Waals surface area (Å²) in [5, 5.41) is 21.7. The van der Waals surface area contributed by atoms with Crippen molar-refractivity contribution in [1.29, 1.82) is 0 Å². The predicted octanol–water partition coefficient (Wildman–Crippen LogP) is 1.25. The van der Waals surface area contributed by atoms with Crippen LogP contribution in [0, 0.1) is 0 Å². The summed E-state index contributed by atoms with van der Waals surface area (Å²) in [6.45, 7) is 1.64. The third kappa shape index (κ3) is 2.98. The Labute approximate surface area is 86.9 Å². The Morgan fingerprint density at radius 1 is 1.67 bits per heavy atom. The maximum absolute atomic E-state index is 10.6. The number of aldehydes is 1. The van der Waals surface area contributed by atoms with Crippen molar-refractivity contribution < 1.29 is 15.1 Å². The van der Waals surface area contributed by atoms with Crippen LogP contribution in [0.5, 0.6) is 0 Å². The molecule has 0 aliphatic carbocycles. The normalized spacial score (nSPS) is 12.9. The number of carbonyl (C=O) groups is 1. The lowest BCUT2D eigenvalue weighted by molar-refractivity contribution is -0.104. The molecular weight excluding hydrogens is 196 g/mol. The Kier molecular flexibility index (Phi) is 3.68. The van der Waals surface area contributed by atoms with Gasteiger partial charge in [0.25, 0.3) is 0 Å². The van der Waals surface area contributed by atoms with Gasteiger partial charge in [-0.05, 0) is 25.0 Å². The van der Waals surface area contributed by atoms with Gasteiger partial charge in [0, 0.05) is 0 Å². The second-order valence-corrected chi connectivity index (χ2v) is 2.92. The second kappa shape index (κ2) is 4.99. The summed E-state index contributed by atoms with van der Waals surface area (Å²) in [5.74, 6) is -0.0543. The van der Waals surface area contributed by atoms with E-state index in [1.807, 2.05) is 0 Å². The zero-order chi connectivity index (χ0) is 11.3. The third-order valence-electron chi connectivity index (χ3n) is 1.88. The molecule has 1 rings (SSSR count). The third-order valence-corrected chi connectivity index (χ3v) is 1.88. The number of rotatable bonds is 4. The highest BCUT2D eigenvalue weighted by Crippen LogP contribution is 2.06. The van der Waals surface area contributed by atoms with Gasteiger partial charge in [-0.15, -0.1) is 9.94 Å². The van der Waals surface area contributed by atoms with E-state index in [9.17, 15) is 9.90 Å². The summed E-state index contributed by atoms with van der Waals surface area (Å²) in [6, 6.07) is 0. The lowest BCUT2D eigenvalue weighted by Crippen LogP contribution is -1.91. The quantitative estimate of drug-likeness (QED) is 0.257. The van der Waals surface area contributed by atoms with E-state index in [4.69, 9.17) is 5.21 Å². The van der Waals surface area contributed by atoms with Crippen LogP contribution in [0.3, 0.4) is 0 Å². The van der Waals surface area contributed by atoms with Gasteiger partial charge in [0.2, 0.25) is 0 Å². The Hall–Kier alpha value is -2.04. The molecule has 0 atom stereocenters. The molecule has 0 fully saturated rings. The maximum Gasteiger partial charge on any atom is 0.153 e. The zero-order valence-electron chi connectivity index (χ0n) is 8.29. The Balaban J connectivity index is 2.74. The summed E-state index contributed by atoms with van der Waals surface area (Å²) < 4.78 is 0. The molecule has 0 unspecified atom stereocenters. The molecule has 15 heavy (non-hydrogen) atoms. The summed E-state index contributed by atoms with van der Waals surface area (Å²) in [5.41, 5.74) is 0.976. The average molecular weight is 208 g/mol. The van der Waals surface area contributed by atoms with Crippen LogP contribution < -0.4 is 0 Å². The van der Waals surface area contributed by atoms with E-state index >= 15 is 0 Å². The topological polar surface area (TPSA) is 75.3 Å². The van der Waals surface area contributed by atoms with Gasteiger partial charge >= 0.3 is 0 Å². The van der Waals surface area contributed by atoms with Crippen LogP contribution in [-0.4, -0.2) is 26.5 Å². The van der Waals surface area contributed by atoms with Crippen molar-refractivity contribution in [1.82, 2.24) is 9.94 Å².